The van der Waals surface area contributed by atoms with Crippen LogP contribution in [0.3, 0.4) is 0 Å². The molecule has 9 heteroatoms. The molecule has 4 aromatic rings. The van der Waals surface area contributed by atoms with Gasteiger partial charge in [-0.3, -0.25) is 10.1 Å². The second-order valence-corrected chi connectivity index (χ2v) is 9.31. The second kappa shape index (κ2) is 10.6. The number of carbonyl (C=O) groups excluding carboxylic acids is 1. The number of hydrogen-bond acceptors (Lipinski definition) is 4. The van der Waals surface area contributed by atoms with E-state index in [0.29, 0.717) is 30.4 Å². The van der Waals surface area contributed by atoms with Gasteiger partial charge >= 0.3 is 12.3 Å². The number of hydrogen-bond donors (Lipinski definition) is 2. The molecule has 3 aromatic carbocycles. The maximum atomic E-state index is 13.6. The van der Waals surface area contributed by atoms with E-state index in [4.69, 9.17) is 4.74 Å². The summed E-state index contributed by atoms with van der Waals surface area (Å²) in [6.07, 6.45) is -3.05. The Morgan fingerprint density at radius 3 is 2.58 bits per heavy atom. The Morgan fingerprint density at radius 1 is 1.03 bits per heavy atom. The Labute approximate surface area is 217 Å². The highest BCUT2D eigenvalue weighted by Crippen LogP contribution is 2.36. The number of nitrogens with zero attached hydrogens (tertiary/aromatic N) is 1. The molecule has 0 radical (unpaired) electrons. The number of halogens is 3. The molecule has 0 aliphatic carbocycles. The summed E-state index contributed by atoms with van der Waals surface area (Å²) in [7, 11) is 0. The number of aromatic amines is 1. The molecule has 0 spiro atoms. The monoisotopic (exact) mass is 521 g/mol. The zero-order valence-electron chi connectivity index (χ0n) is 20.4. The molecule has 6 nitrogen and oxygen atoms in total. The number of para-hydroxylation sites is 1. The predicted molar refractivity (Wildman–Crippen MR) is 141 cm³/mol. The zero-order valence-corrected chi connectivity index (χ0v) is 20.4. The third kappa shape index (κ3) is 5.66. The van der Waals surface area contributed by atoms with Crippen LogP contribution in [0.2, 0.25) is 0 Å². The topological polar surface area (TPSA) is 74.4 Å². The summed E-state index contributed by atoms with van der Waals surface area (Å²) in [5.41, 5.74) is 1.65. The van der Waals surface area contributed by atoms with Crippen molar-refractivity contribution in [3.63, 3.8) is 0 Å². The predicted octanol–water partition coefficient (Wildman–Crippen LogP) is 6.36. The van der Waals surface area contributed by atoms with Crippen LogP contribution in [0.15, 0.2) is 83.7 Å². The Hall–Kier alpha value is -4.27. The number of nitrogens with one attached hydrogen (secondary N) is 2. The van der Waals surface area contributed by atoms with Crippen molar-refractivity contribution in [2.24, 2.45) is 0 Å². The molecule has 2 heterocycles. The molecule has 1 saturated heterocycles. The Bertz CT molecular complexity index is 1500. The quantitative estimate of drug-likeness (QED) is 0.310. The first kappa shape index (κ1) is 25.4. The summed E-state index contributed by atoms with van der Waals surface area (Å²) >= 11 is 0. The number of rotatable bonds is 6. The van der Waals surface area contributed by atoms with Crippen LogP contribution < -0.4 is 15.8 Å². The van der Waals surface area contributed by atoms with Gasteiger partial charge in [0.05, 0.1) is 11.6 Å². The van der Waals surface area contributed by atoms with Crippen molar-refractivity contribution in [1.82, 2.24) is 4.98 Å². The van der Waals surface area contributed by atoms with Crippen LogP contribution in [0.25, 0.3) is 10.9 Å². The summed E-state index contributed by atoms with van der Waals surface area (Å²) in [5.74, 6) is 0. The van der Waals surface area contributed by atoms with Crippen LogP contribution in [0.5, 0.6) is 0 Å². The summed E-state index contributed by atoms with van der Waals surface area (Å²) in [5, 5.41) is 2.75. The Balaban J connectivity index is 1.28. The third-order valence-electron chi connectivity index (χ3n) is 6.74. The summed E-state index contributed by atoms with van der Waals surface area (Å²) < 4.78 is 46.3. The molecule has 1 atom stereocenters. The van der Waals surface area contributed by atoms with Gasteiger partial charge in [-0.15, -0.1) is 0 Å². The maximum absolute atomic E-state index is 13.6. The van der Waals surface area contributed by atoms with Crippen molar-refractivity contribution in [2.75, 3.05) is 23.4 Å². The van der Waals surface area contributed by atoms with Crippen molar-refractivity contribution < 1.29 is 22.7 Å². The lowest BCUT2D eigenvalue weighted by atomic mass is 10.0. The van der Waals surface area contributed by atoms with Crippen LogP contribution in [-0.2, 0) is 17.3 Å². The molecule has 1 aliphatic heterocycles. The smallest absolute Gasteiger partial charge is 0.417 e. The van der Waals surface area contributed by atoms with E-state index in [1.165, 1.54) is 12.1 Å². The van der Waals surface area contributed by atoms with Gasteiger partial charge in [-0.05, 0) is 54.7 Å². The normalized spacial score (nSPS) is 15.6. The van der Waals surface area contributed by atoms with Crippen LogP contribution in [0, 0.1) is 0 Å². The Kier molecular flexibility index (Phi) is 7.09. The van der Waals surface area contributed by atoms with Crippen LogP contribution in [0.1, 0.15) is 29.5 Å². The molecular weight excluding hydrogens is 495 g/mol. The van der Waals surface area contributed by atoms with E-state index < -0.39 is 23.4 Å². The van der Waals surface area contributed by atoms with E-state index in [0.717, 1.165) is 24.0 Å². The van der Waals surface area contributed by atoms with Gasteiger partial charge in [-0.2, -0.15) is 13.2 Å². The molecule has 5 rings (SSSR count). The lowest BCUT2D eigenvalue weighted by Crippen LogP contribution is -2.34. The van der Waals surface area contributed by atoms with E-state index in [1.807, 2.05) is 59.5 Å². The van der Waals surface area contributed by atoms with Crippen molar-refractivity contribution in [1.29, 1.82) is 0 Å². The first-order chi connectivity index (χ1) is 18.3. The van der Waals surface area contributed by atoms with Gasteiger partial charge in [-0.1, -0.05) is 48.5 Å². The van der Waals surface area contributed by atoms with Crippen LogP contribution >= 0.6 is 0 Å². The largest absolute Gasteiger partial charge is 0.447 e. The minimum Gasteiger partial charge on any atom is -0.447 e. The average Bonchev–Trinajstić information content (AvgIpc) is 3.37. The van der Waals surface area contributed by atoms with Crippen molar-refractivity contribution in [3.05, 3.63) is 106 Å². The summed E-state index contributed by atoms with van der Waals surface area (Å²) in [6, 6.07) is 22.4. The molecule has 196 valence electrons. The number of carbonyl (C=O) groups is 1. The number of benzene rings is 3. The van der Waals surface area contributed by atoms with Gasteiger partial charge in [0.2, 0.25) is 5.56 Å². The number of aromatic nitrogens is 1. The number of anilines is 2. The Morgan fingerprint density at radius 2 is 1.79 bits per heavy atom. The average molecular weight is 522 g/mol. The van der Waals surface area contributed by atoms with Crippen LogP contribution in [0.4, 0.5) is 29.3 Å². The standard InChI is InChI=1S/C29H26F3N3O3/c30-29(31,32)24-17-27(36)33-26-13-12-21(16-23(24)26)35-14-6-10-22(35)18-38-28(37)34-25-11-5-4-9-20(25)15-19-7-2-1-3-8-19/h1-5,7-9,11-13,16-17,22H,6,10,14-15,18H2,(H,33,36)(H,34,37)/t22-/m1/s1. The molecule has 2 N–H and O–H groups in total. The molecule has 1 fully saturated rings. The van der Waals surface area contributed by atoms with E-state index in [2.05, 4.69) is 10.3 Å². The lowest BCUT2D eigenvalue weighted by molar-refractivity contribution is -0.136. The fraction of sp³-hybridized carbons (Fsp3) is 0.241. The highest BCUT2D eigenvalue weighted by atomic mass is 19.4. The molecule has 0 unspecified atom stereocenters. The van der Waals surface area contributed by atoms with Crippen molar-refractivity contribution >= 4 is 28.4 Å². The highest BCUT2D eigenvalue weighted by molar-refractivity contribution is 5.87. The molecule has 1 aliphatic rings. The van der Waals surface area contributed by atoms with Gasteiger partial charge in [0.1, 0.15) is 6.61 Å². The minimum absolute atomic E-state index is 0.0751. The van der Waals surface area contributed by atoms with Gasteiger partial charge < -0.3 is 14.6 Å². The van der Waals surface area contributed by atoms with Gasteiger partial charge in [0, 0.05) is 34.9 Å². The van der Waals surface area contributed by atoms with E-state index in [-0.39, 0.29) is 23.6 Å². The van der Waals surface area contributed by atoms with E-state index in [9.17, 15) is 22.8 Å². The van der Waals surface area contributed by atoms with Gasteiger partial charge in [0.25, 0.3) is 0 Å². The van der Waals surface area contributed by atoms with E-state index in [1.54, 1.807) is 6.07 Å². The van der Waals surface area contributed by atoms with Gasteiger partial charge in [-0.25, -0.2) is 4.79 Å². The van der Waals surface area contributed by atoms with Gasteiger partial charge in [0.15, 0.2) is 0 Å². The summed E-state index contributed by atoms with van der Waals surface area (Å²) in [4.78, 5) is 28.8. The number of fused-ring (bicyclic) bond motifs is 1. The van der Waals surface area contributed by atoms with E-state index >= 15 is 0 Å². The minimum atomic E-state index is -4.66. The zero-order chi connectivity index (χ0) is 26.7. The number of amides is 1. The number of H-pyrrole nitrogens is 1. The molecular formula is C29H26F3N3O3. The molecule has 0 saturated carbocycles. The van der Waals surface area contributed by atoms with Crippen molar-refractivity contribution in [3.8, 4) is 0 Å². The van der Waals surface area contributed by atoms with Crippen molar-refractivity contribution in [2.45, 2.75) is 31.5 Å². The number of pyridine rings is 1. The third-order valence-corrected chi connectivity index (χ3v) is 6.74. The first-order valence-electron chi connectivity index (χ1n) is 12.3. The fourth-order valence-electron chi connectivity index (χ4n) is 4.93. The first-order valence-corrected chi connectivity index (χ1v) is 12.3. The maximum Gasteiger partial charge on any atom is 0.417 e. The number of alkyl halides is 3. The molecule has 1 amide bonds. The summed E-state index contributed by atoms with van der Waals surface area (Å²) in [6.45, 7) is 0.703. The second-order valence-electron chi connectivity index (χ2n) is 9.31. The van der Waals surface area contributed by atoms with Crippen LogP contribution in [-0.4, -0.2) is 30.3 Å². The SMILES string of the molecule is O=C(Nc1ccccc1Cc1ccccc1)OC[C@H]1CCCN1c1ccc2[nH]c(=O)cc(C(F)(F)F)c2c1. The lowest BCUT2D eigenvalue weighted by Gasteiger charge is -2.27. The highest BCUT2D eigenvalue weighted by Gasteiger charge is 2.34. The molecule has 38 heavy (non-hydrogen) atoms. The fourth-order valence-corrected chi connectivity index (χ4v) is 4.93. The molecule has 1 aromatic heterocycles. The molecule has 0 bridgehead atoms. The number of ether oxygens (including phenoxy) is 1.